The summed E-state index contributed by atoms with van der Waals surface area (Å²) in [6.45, 7) is 6.80. The van der Waals surface area contributed by atoms with Gasteiger partial charge in [-0.2, -0.15) is 0 Å². The van der Waals surface area contributed by atoms with E-state index in [1.807, 2.05) is 13.8 Å². The third-order valence-corrected chi connectivity index (χ3v) is 4.72. The summed E-state index contributed by atoms with van der Waals surface area (Å²) in [5.41, 5.74) is 0. The molecule has 138 valence electrons. The average molecular weight is 349 g/mol. The summed E-state index contributed by atoms with van der Waals surface area (Å²) in [5, 5.41) is 5.68. The van der Waals surface area contributed by atoms with Gasteiger partial charge >= 0.3 is 0 Å². The van der Waals surface area contributed by atoms with Crippen molar-refractivity contribution >= 4 is 11.8 Å². The lowest BCUT2D eigenvalue weighted by atomic mass is 10.0. The van der Waals surface area contributed by atoms with Gasteiger partial charge in [-0.3, -0.25) is 14.5 Å². The molecular formula is C18H27N3O4. The number of nitrogens with one attached hydrogen (secondary N) is 2. The highest BCUT2D eigenvalue weighted by Crippen LogP contribution is 2.28. The van der Waals surface area contributed by atoms with Gasteiger partial charge in [-0.15, -0.1) is 0 Å². The van der Waals surface area contributed by atoms with E-state index >= 15 is 0 Å². The first-order chi connectivity index (χ1) is 12.0. The lowest BCUT2D eigenvalue weighted by Gasteiger charge is -2.33. The molecule has 7 nitrogen and oxygen atoms in total. The standard InChI is InChI=1S/C18H27N3O4/c1-12(2)16(20-17(22)15-4-3-8-25-15)18(23)19-10-14-11-21(7-9-24-14)13-5-6-13/h3-4,8,12-14,16H,5-7,9-11H2,1-2H3,(H,19,23)(H,20,22)/t14-,16-/m0/s1. The van der Waals surface area contributed by atoms with Crippen LogP contribution in [0.15, 0.2) is 22.8 Å². The van der Waals surface area contributed by atoms with E-state index in [9.17, 15) is 9.59 Å². The number of carbonyl (C=O) groups excluding carboxylic acids is 2. The maximum atomic E-state index is 12.5. The van der Waals surface area contributed by atoms with E-state index in [2.05, 4.69) is 15.5 Å². The number of furan rings is 1. The largest absolute Gasteiger partial charge is 0.459 e. The van der Waals surface area contributed by atoms with Crippen molar-refractivity contribution in [1.82, 2.24) is 15.5 Å². The molecule has 7 heteroatoms. The molecule has 1 aliphatic carbocycles. The Morgan fingerprint density at radius 1 is 1.36 bits per heavy atom. The molecule has 2 aliphatic rings. The lowest BCUT2D eigenvalue weighted by molar-refractivity contribution is -0.125. The second-order valence-electron chi connectivity index (χ2n) is 7.14. The number of carbonyl (C=O) groups is 2. The number of rotatable bonds is 7. The number of amides is 2. The maximum absolute atomic E-state index is 12.5. The van der Waals surface area contributed by atoms with Gasteiger partial charge < -0.3 is 19.8 Å². The molecule has 2 atom stereocenters. The second kappa shape index (κ2) is 8.01. The van der Waals surface area contributed by atoms with Gasteiger partial charge in [0.05, 0.1) is 19.0 Å². The van der Waals surface area contributed by atoms with Crippen molar-refractivity contribution in [3.05, 3.63) is 24.2 Å². The third kappa shape index (κ3) is 4.83. The van der Waals surface area contributed by atoms with Crippen LogP contribution in [0.4, 0.5) is 0 Å². The minimum absolute atomic E-state index is 0.00638. The number of hydrogen-bond donors (Lipinski definition) is 2. The summed E-state index contributed by atoms with van der Waals surface area (Å²) in [6, 6.07) is 3.32. The first-order valence-electron chi connectivity index (χ1n) is 9.02. The molecule has 2 N–H and O–H groups in total. The Kier molecular flexibility index (Phi) is 5.75. The van der Waals surface area contributed by atoms with Gasteiger partial charge in [0, 0.05) is 25.7 Å². The average Bonchev–Trinajstić information content (AvgIpc) is 3.31. The van der Waals surface area contributed by atoms with Crippen LogP contribution in [0.1, 0.15) is 37.2 Å². The van der Waals surface area contributed by atoms with E-state index in [0.29, 0.717) is 19.2 Å². The normalized spacial score (nSPS) is 22.6. The molecule has 0 bridgehead atoms. The Balaban J connectivity index is 1.49. The van der Waals surface area contributed by atoms with E-state index in [0.717, 1.165) is 13.1 Å². The molecule has 0 radical (unpaired) electrons. The molecule has 2 heterocycles. The molecule has 0 spiro atoms. The van der Waals surface area contributed by atoms with Crippen LogP contribution in [0.3, 0.4) is 0 Å². The van der Waals surface area contributed by atoms with Crippen molar-refractivity contribution in [2.24, 2.45) is 5.92 Å². The maximum Gasteiger partial charge on any atom is 0.287 e. The van der Waals surface area contributed by atoms with Gasteiger partial charge in [0.15, 0.2) is 5.76 Å². The highest BCUT2D eigenvalue weighted by molar-refractivity contribution is 5.95. The summed E-state index contributed by atoms with van der Waals surface area (Å²) < 4.78 is 10.8. The Morgan fingerprint density at radius 3 is 2.80 bits per heavy atom. The summed E-state index contributed by atoms with van der Waals surface area (Å²) in [7, 11) is 0. The van der Waals surface area contributed by atoms with E-state index in [4.69, 9.17) is 9.15 Å². The van der Waals surface area contributed by atoms with Crippen molar-refractivity contribution in [1.29, 1.82) is 0 Å². The molecule has 1 aliphatic heterocycles. The summed E-state index contributed by atoms with van der Waals surface area (Å²) >= 11 is 0. The lowest BCUT2D eigenvalue weighted by Crippen LogP contribution is -2.53. The fourth-order valence-electron chi connectivity index (χ4n) is 3.12. The van der Waals surface area contributed by atoms with Crippen LogP contribution in [0.25, 0.3) is 0 Å². The van der Waals surface area contributed by atoms with Gasteiger partial charge in [0.1, 0.15) is 6.04 Å². The minimum Gasteiger partial charge on any atom is -0.459 e. The van der Waals surface area contributed by atoms with Gasteiger partial charge in [0.25, 0.3) is 5.91 Å². The highest BCUT2D eigenvalue weighted by atomic mass is 16.5. The van der Waals surface area contributed by atoms with Crippen LogP contribution in [0.2, 0.25) is 0 Å². The SMILES string of the molecule is CC(C)[C@H](NC(=O)c1ccco1)C(=O)NC[C@H]1CN(C2CC2)CCO1. The summed E-state index contributed by atoms with van der Waals surface area (Å²) in [5.74, 6) is -0.405. The van der Waals surface area contributed by atoms with Crippen molar-refractivity contribution in [2.45, 2.75) is 44.9 Å². The molecule has 1 aromatic rings. The Morgan fingerprint density at radius 2 is 2.16 bits per heavy atom. The minimum atomic E-state index is -0.610. The van der Waals surface area contributed by atoms with Crippen molar-refractivity contribution < 1.29 is 18.7 Å². The van der Waals surface area contributed by atoms with Gasteiger partial charge in [-0.05, 0) is 30.9 Å². The fourth-order valence-corrected chi connectivity index (χ4v) is 3.12. The predicted molar refractivity (Wildman–Crippen MR) is 92.1 cm³/mol. The fraction of sp³-hybridized carbons (Fsp3) is 0.667. The zero-order valence-corrected chi connectivity index (χ0v) is 14.9. The summed E-state index contributed by atoms with van der Waals surface area (Å²) in [4.78, 5) is 27.1. The van der Waals surface area contributed by atoms with Crippen molar-refractivity contribution in [2.75, 3.05) is 26.2 Å². The third-order valence-electron chi connectivity index (χ3n) is 4.72. The zero-order chi connectivity index (χ0) is 17.8. The highest BCUT2D eigenvalue weighted by Gasteiger charge is 2.33. The van der Waals surface area contributed by atoms with E-state index in [1.165, 1.54) is 19.1 Å². The molecule has 1 saturated carbocycles. The van der Waals surface area contributed by atoms with Crippen molar-refractivity contribution in [3.8, 4) is 0 Å². The number of morpholine rings is 1. The Bertz CT molecular complexity index is 583. The smallest absolute Gasteiger partial charge is 0.287 e. The monoisotopic (exact) mass is 349 g/mol. The van der Waals surface area contributed by atoms with Gasteiger partial charge in [0.2, 0.25) is 5.91 Å². The molecule has 0 aromatic carbocycles. The zero-order valence-electron chi connectivity index (χ0n) is 14.9. The molecule has 3 rings (SSSR count). The summed E-state index contributed by atoms with van der Waals surface area (Å²) in [6.07, 6.45) is 3.98. The van der Waals surface area contributed by atoms with E-state index in [1.54, 1.807) is 12.1 Å². The topological polar surface area (TPSA) is 83.8 Å². The molecule has 2 fully saturated rings. The quantitative estimate of drug-likeness (QED) is 0.768. The van der Waals surface area contributed by atoms with Crippen LogP contribution in [0, 0.1) is 5.92 Å². The van der Waals surface area contributed by atoms with Crippen LogP contribution >= 0.6 is 0 Å². The molecule has 25 heavy (non-hydrogen) atoms. The van der Waals surface area contributed by atoms with E-state index in [-0.39, 0.29) is 29.6 Å². The Hall–Kier alpha value is -1.86. The van der Waals surface area contributed by atoms with Gasteiger partial charge in [-0.25, -0.2) is 0 Å². The van der Waals surface area contributed by atoms with Gasteiger partial charge in [-0.1, -0.05) is 13.8 Å². The van der Waals surface area contributed by atoms with Crippen LogP contribution < -0.4 is 10.6 Å². The number of ether oxygens (including phenoxy) is 1. The number of nitrogens with zero attached hydrogens (tertiary/aromatic N) is 1. The number of hydrogen-bond acceptors (Lipinski definition) is 5. The van der Waals surface area contributed by atoms with Crippen LogP contribution in [-0.2, 0) is 9.53 Å². The molecule has 2 amide bonds. The first kappa shape index (κ1) is 17.9. The molecule has 1 aromatic heterocycles. The molecular weight excluding hydrogens is 322 g/mol. The second-order valence-corrected chi connectivity index (χ2v) is 7.14. The van der Waals surface area contributed by atoms with Crippen molar-refractivity contribution in [3.63, 3.8) is 0 Å². The van der Waals surface area contributed by atoms with Crippen LogP contribution in [-0.4, -0.2) is 61.1 Å². The Labute approximate surface area is 148 Å². The first-order valence-corrected chi connectivity index (χ1v) is 9.02. The predicted octanol–water partition coefficient (Wildman–Crippen LogP) is 1.01. The van der Waals surface area contributed by atoms with Crippen LogP contribution in [0.5, 0.6) is 0 Å². The van der Waals surface area contributed by atoms with E-state index < -0.39 is 6.04 Å². The molecule has 1 saturated heterocycles. The molecule has 0 unspecified atom stereocenters.